The Bertz CT molecular complexity index is 468. The van der Waals surface area contributed by atoms with Crippen LogP contribution in [0.3, 0.4) is 0 Å². The lowest BCUT2D eigenvalue weighted by Crippen LogP contribution is -2.06. The molecule has 1 aromatic heterocycles. The Kier molecular flexibility index (Phi) is 4.39. The number of ether oxygens (including phenoxy) is 1. The van der Waals surface area contributed by atoms with Crippen molar-refractivity contribution in [1.29, 1.82) is 0 Å². The number of benzene rings is 1. The van der Waals surface area contributed by atoms with E-state index < -0.39 is 6.10 Å². The van der Waals surface area contributed by atoms with Crippen molar-refractivity contribution in [3.63, 3.8) is 0 Å². The zero-order chi connectivity index (χ0) is 12.8. The standard InChI is InChI=1S/C14H18N2O2/c15-7-6-14(17)11-3-1-5-13(9-11)18-10-12-4-2-8-16-12/h1-5,8-9,14,16-17H,6-7,10,15H2/t14-/m1/s1. The van der Waals surface area contributed by atoms with Gasteiger partial charge in [0.2, 0.25) is 0 Å². The lowest BCUT2D eigenvalue weighted by atomic mass is 10.1. The first-order chi connectivity index (χ1) is 8.79. The van der Waals surface area contributed by atoms with E-state index in [2.05, 4.69) is 4.98 Å². The lowest BCUT2D eigenvalue weighted by molar-refractivity contribution is 0.169. The summed E-state index contributed by atoms with van der Waals surface area (Å²) >= 11 is 0. The summed E-state index contributed by atoms with van der Waals surface area (Å²) < 4.78 is 5.65. The number of rotatable bonds is 6. The largest absolute Gasteiger partial charge is 0.487 e. The molecule has 4 heteroatoms. The summed E-state index contributed by atoms with van der Waals surface area (Å²) in [6, 6.07) is 11.4. The van der Waals surface area contributed by atoms with Crippen LogP contribution in [0.5, 0.6) is 5.75 Å². The number of H-pyrrole nitrogens is 1. The molecule has 0 aliphatic rings. The van der Waals surface area contributed by atoms with E-state index in [1.165, 1.54) is 0 Å². The number of hydrogen-bond donors (Lipinski definition) is 3. The maximum atomic E-state index is 9.86. The van der Waals surface area contributed by atoms with Crippen molar-refractivity contribution in [3.8, 4) is 5.75 Å². The molecule has 4 N–H and O–H groups in total. The number of aliphatic hydroxyl groups is 1. The predicted molar refractivity (Wildman–Crippen MR) is 70.2 cm³/mol. The minimum absolute atomic E-state index is 0.467. The second kappa shape index (κ2) is 6.23. The topological polar surface area (TPSA) is 71.3 Å². The molecule has 2 aromatic rings. The van der Waals surface area contributed by atoms with Crippen LogP contribution in [-0.4, -0.2) is 16.6 Å². The van der Waals surface area contributed by atoms with Crippen LogP contribution in [0.25, 0.3) is 0 Å². The smallest absolute Gasteiger partial charge is 0.128 e. The van der Waals surface area contributed by atoms with Gasteiger partial charge in [0.1, 0.15) is 12.4 Å². The number of aromatic amines is 1. The highest BCUT2D eigenvalue weighted by molar-refractivity contribution is 5.30. The summed E-state index contributed by atoms with van der Waals surface area (Å²) in [5, 5.41) is 9.86. The van der Waals surface area contributed by atoms with E-state index >= 15 is 0 Å². The maximum Gasteiger partial charge on any atom is 0.128 e. The highest BCUT2D eigenvalue weighted by atomic mass is 16.5. The Morgan fingerprint density at radius 2 is 2.17 bits per heavy atom. The van der Waals surface area contributed by atoms with Crippen LogP contribution in [0.4, 0.5) is 0 Å². The van der Waals surface area contributed by atoms with Crippen molar-refractivity contribution < 1.29 is 9.84 Å². The molecule has 96 valence electrons. The Hall–Kier alpha value is -1.78. The van der Waals surface area contributed by atoms with Gasteiger partial charge in [0, 0.05) is 6.20 Å². The molecule has 1 atom stereocenters. The maximum absolute atomic E-state index is 9.86. The van der Waals surface area contributed by atoms with Gasteiger partial charge in [0.15, 0.2) is 0 Å². The Morgan fingerprint density at radius 3 is 2.89 bits per heavy atom. The second-order valence-electron chi connectivity index (χ2n) is 4.15. The highest BCUT2D eigenvalue weighted by Gasteiger charge is 2.07. The number of aromatic nitrogens is 1. The van der Waals surface area contributed by atoms with Crippen molar-refractivity contribution in [3.05, 3.63) is 53.9 Å². The van der Waals surface area contributed by atoms with E-state index in [4.69, 9.17) is 10.5 Å². The molecule has 0 unspecified atom stereocenters. The average Bonchev–Trinajstić information content (AvgIpc) is 2.90. The normalized spacial score (nSPS) is 12.3. The number of hydrogen-bond acceptors (Lipinski definition) is 3. The molecule has 0 aliphatic heterocycles. The van der Waals surface area contributed by atoms with Crippen molar-refractivity contribution in [2.45, 2.75) is 19.1 Å². The molecule has 0 amide bonds. The third-order valence-electron chi connectivity index (χ3n) is 2.74. The Balaban J connectivity index is 1.98. The molecule has 0 radical (unpaired) electrons. The lowest BCUT2D eigenvalue weighted by Gasteiger charge is -2.11. The van der Waals surface area contributed by atoms with Gasteiger partial charge in [-0.25, -0.2) is 0 Å². The van der Waals surface area contributed by atoms with E-state index in [0.29, 0.717) is 19.6 Å². The van der Waals surface area contributed by atoms with Gasteiger partial charge in [-0.15, -0.1) is 0 Å². The van der Waals surface area contributed by atoms with Crippen LogP contribution in [-0.2, 0) is 6.61 Å². The number of aliphatic hydroxyl groups excluding tert-OH is 1. The average molecular weight is 246 g/mol. The zero-order valence-electron chi connectivity index (χ0n) is 10.2. The third-order valence-corrected chi connectivity index (χ3v) is 2.74. The molecule has 4 nitrogen and oxygen atoms in total. The van der Waals surface area contributed by atoms with Crippen LogP contribution in [0, 0.1) is 0 Å². The molecule has 0 spiro atoms. The van der Waals surface area contributed by atoms with Crippen molar-refractivity contribution in [2.75, 3.05) is 6.54 Å². The van der Waals surface area contributed by atoms with Gasteiger partial charge < -0.3 is 20.6 Å². The van der Waals surface area contributed by atoms with E-state index in [9.17, 15) is 5.11 Å². The predicted octanol–water partition coefficient (Wildman–Crippen LogP) is 1.98. The van der Waals surface area contributed by atoms with Crippen LogP contribution in [0.1, 0.15) is 23.8 Å². The molecule has 0 saturated heterocycles. The molecular weight excluding hydrogens is 228 g/mol. The van der Waals surface area contributed by atoms with Crippen molar-refractivity contribution in [2.24, 2.45) is 5.73 Å². The molecular formula is C14H18N2O2. The first-order valence-corrected chi connectivity index (χ1v) is 6.03. The van der Waals surface area contributed by atoms with Gasteiger partial charge in [-0.2, -0.15) is 0 Å². The summed E-state index contributed by atoms with van der Waals surface area (Å²) in [6.07, 6.45) is 1.89. The fraction of sp³-hybridized carbons (Fsp3) is 0.286. The number of nitrogens with two attached hydrogens (primary N) is 1. The number of nitrogens with one attached hydrogen (secondary N) is 1. The molecule has 0 aliphatic carbocycles. The first-order valence-electron chi connectivity index (χ1n) is 6.03. The summed E-state index contributed by atoms with van der Waals surface area (Å²) in [7, 11) is 0. The quantitative estimate of drug-likeness (QED) is 0.729. The van der Waals surface area contributed by atoms with Crippen LogP contribution in [0.2, 0.25) is 0 Å². The van der Waals surface area contributed by atoms with Gasteiger partial charge in [-0.05, 0) is 42.8 Å². The minimum atomic E-state index is -0.524. The second-order valence-corrected chi connectivity index (χ2v) is 4.15. The van der Waals surface area contributed by atoms with Gasteiger partial charge in [-0.1, -0.05) is 12.1 Å². The Labute approximate surface area is 106 Å². The molecule has 0 saturated carbocycles. The monoisotopic (exact) mass is 246 g/mol. The van der Waals surface area contributed by atoms with Crippen LogP contribution >= 0.6 is 0 Å². The van der Waals surface area contributed by atoms with Crippen molar-refractivity contribution >= 4 is 0 Å². The fourth-order valence-corrected chi connectivity index (χ4v) is 1.75. The third kappa shape index (κ3) is 3.35. The molecule has 1 heterocycles. The molecule has 1 aromatic carbocycles. The molecule has 2 rings (SSSR count). The van der Waals surface area contributed by atoms with E-state index in [0.717, 1.165) is 17.0 Å². The summed E-state index contributed by atoms with van der Waals surface area (Å²) in [5.74, 6) is 0.748. The molecule has 0 bridgehead atoms. The summed E-state index contributed by atoms with van der Waals surface area (Å²) in [6.45, 7) is 0.957. The van der Waals surface area contributed by atoms with E-state index in [1.54, 1.807) is 0 Å². The molecule has 0 fully saturated rings. The van der Waals surface area contributed by atoms with Gasteiger partial charge in [-0.3, -0.25) is 0 Å². The molecule has 18 heavy (non-hydrogen) atoms. The van der Waals surface area contributed by atoms with Crippen molar-refractivity contribution in [1.82, 2.24) is 4.98 Å². The summed E-state index contributed by atoms with van der Waals surface area (Å²) in [4.78, 5) is 3.07. The van der Waals surface area contributed by atoms with Crippen LogP contribution in [0.15, 0.2) is 42.6 Å². The van der Waals surface area contributed by atoms with E-state index in [-0.39, 0.29) is 0 Å². The van der Waals surface area contributed by atoms with Gasteiger partial charge >= 0.3 is 0 Å². The SMILES string of the molecule is NCC[C@@H](O)c1cccc(OCc2ccc[nH]2)c1. The van der Waals surface area contributed by atoms with Gasteiger partial charge in [0.05, 0.1) is 11.8 Å². The highest BCUT2D eigenvalue weighted by Crippen LogP contribution is 2.21. The first kappa shape index (κ1) is 12.7. The zero-order valence-corrected chi connectivity index (χ0v) is 10.2. The fourth-order valence-electron chi connectivity index (χ4n) is 1.75. The van der Waals surface area contributed by atoms with E-state index in [1.807, 2.05) is 42.6 Å². The summed E-state index contributed by atoms with van der Waals surface area (Å²) in [5.41, 5.74) is 7.29. The van der Waals surface area contributed by atoms with Crippen LogP contribution < -0.4 is 10.5 Å². The Morgan fingerprint density at radius 1 is 1.28 bits per heavy atom. The minimum Gasteiger partial charge on any atom is -0.487 e. The van der Waals surface area contributed by atoms with Gasteiger partial charge in [0.25, 0.3) is 0 Å².